The highest BCUT2D eigenvalue weighted by Gasteiger charge is 2.09. The molecule has 3 heteroatoms. The van der Waals surface area contributed by atoms with Crippen LogP contribution in [0.1, 0.15) is 30.1 Å². The minimum atomic E-state index is -0.107. The number of carbonyl (C=O) groups excluding carboxylic acids is 2. The van der Waals surface area contributed by atoms with E-state index < -0.39 is 0 Å². The Morgan fingerprint density at radius 2 is 1.79 bits per heavy atom. The van der Waals surface area contributed by atoms with Crippen LogP contribution >= 0.6 is 15.9 Å². The van der Waals surface area contributed by atoms with Crippen LogP contribution in [0.3, 0.4) is 0 Å². The Labute approximate surface area is 91.4 Å². The molecule has 0 saturated carbocycles. The first-order valence-electron chi connectivity index (χ1n) is 4.44. The number of hydrogen-bond acceptors (Lipinski definition) is 2. The van der Waals surface area contributed by atoms with Crippen molar-refractivity contribution in [2.24, 2.45) is 0 Å². The fourth-order valence-electron chi connectivity index (χ4n) is 1.04. The normalized spacial score (nSPS) is 9.86. The first-order valence-corrected chi connectivity index (χ1v) is 5.23. The van der Waals surface area contributed by atoms with Crippen LogP contribution in [0.25, 0.3) is 0 Å². The van der Waals surface area contributed by atoms with Crippen molar-refractivity contribution in [2.45, 2.75) is 19.8 Å². The number of carbonyl (C=O) groups is 2. The number of benzene rings is 1. The number of halogens is 1. The maximum atomic E-state index is 11.5. The first-order chi connectivity index (χ1) is 6.63. The maximum absolute atomic E-state index is 11.5. The average Bonchev–Trinajstić information content (AvgIpc) is 2.18. The van der Waals surface area contributed by atoms with Gasteiger partial charge >= 0.3 is 0 Å². The van der Waals surface area contributed by atoms with E-state index in [1.165, 1.54) is 0 Å². The molecule has 0 unspecified atom stereocenters. The fourth-order valence-corrected chi connectivity index (χ4v) is 1.31. The lowest BCUT2D eigenvalue weighted by Gasteiger charge is -1.99. The van der Waals surface area contributed by atoms with Crippen LogP contribution in [0.15, 0.2) is 28.7 Å². The highest BCUT2D eigenvalue weighted by molar-refractivity contribution is 9.10. The van der Waals surface area contributed by atoms with Crippen molar-refractivity contribution in [1.29, 1.82) is 0 Å². The third-order valence-corrected chi connectivity index (χ3v) is 2.45. The summed E-state index contributed by atoms with van der Waals surface area (Å²) in [6, 6.07) is 7.03. The Morgan fingerprint density at radius 1 is 1.21 bits per heavy atom. The first kappa shape index (κ1) is 11.1. The molecular weight excluding hydrogens is 244 g/mol. The van der Waals surface area contributed by atoms with E-state index in [0.29, 0.717) is 12.0 Å². The number of ketones is 2. The molecule has 1 rings (SSSR count). The lowest BCUT2D eigenvalue weighted by atomic mass is 10.1. The predicted octanol–water partition coefficient (Wildman–Crippen LogP) is 3.00. The Bertz CT molecular complexity index is 341. The Hall–Kier alpha value is -0.960. The van der Waals surface area contributed by atoms with E-state index >= 15 is 0 Å². The van der Waals surface area contributed by atoms with Gasteiger partial charge in [0.2, 0.25) is 0 Å². The molecule has 0 amide bonds. The second-order valence-corrected chi connectivity index (χ2v) is 3.91. The van der Waals surface area contributed by atoms with E-state index in [9.17, 15) is 9.59 Å². The summed E-state index contributed by atoms with van der Waals surface area (Å²) >= 11 is 3.28. The van der Waals surface area contributed by atoms with E-state index in [0.717, 1.165) is 4.47 Å². The van der Waals surface area contributed by atoms with Gasteiger partial charge in [-0.2, -0.15) is 0 Å². The van der Waals surface area contributed by atoms with Crippen molar-refractivity contribution < 1.29 is 9.59 Å². The Balaban J connectivity index is 2.70. The average molecular weight is 255 g/mol. The van der Waals surface area contributed by atoms with Crippen molar-refractivity contribution in [1.82, 2.24) is 0 Å². The zero-order valence-corrected chi connectivity index (χ0v) is 9.50. The van der Waals surface area contributed by atoms with E-state index in [1.807, 2.05) is 0 Å². The summed E-state index contributed by atoms with van der Waals surface area (Å²) in [7, 11) is 0. The predicted molar refractivity (Wildman–Crippen MR) is 58.4 cm³/mol. The van der Waals surface area contributed by atoms with Gasteiger partial charge in [0, 0.05) is 16.5 Å². The second-order valence-electron chi connectivity index (χ2n) is 3.00. The van der Waals surface area contributed by atoms with Crippen LogP contribution in [0.5, 0.6) is 0 Å². The minimum absolute atomic E-state index is 0.0120. The summed E-state index contributed by atoms with van der Waals surface area (Å²) in [5, 5.41) is 0. The summed E-state index contributed by atoms with van der Waals surface area (Å²) in [6.45, 7) is 1.76. The Morgan fingerprint density at radius 3 is 2.29 bits per heavy atom. The van der Waals surface area contributed by atoms with Crippen molar-refractivity contribution in [3.05, 3.63) is 34.3 Å². The van der Waals surface area contributed by atoms with Gasteiger partial charge in [0.1, 0.15) is 5.78 Å². The molecule has 1 aromatic rings. The van der Waals surface area contributed by atoms with Gasteiger partial charge in [-0.15, -0.1) is 0 Å². The largest absolute Gasteiger partial charge is 0.299 e. The summed E-state index contributed by atoms with van der Waals surface area (Å²) in [5.41, 5.74) is 0.593. The van der Waals surface area contributed by atoms with Crippen molar-refractivity contribution >= 4 is 27.5 Å². The van der Waals surface area contributed by atoms with Gasteiger partial charge in [-0.25, -0.2) is 0 Å². The van der Waals surface area contributed by atoms with Gasteiger partial charge in [0.15, 0.2) is 5.78 Å². The van der Waals surface area contributed by atoms with Gasteiger partial charge in [0.25, 0.3) is 0 Å². The topological polar surface area (TPSA) is 34.1 Å². The van der Waals surface area contributed by atoms with Crippen LogP contribution < -0.4 is 0 Å². The lowest BCUT2D eigenvalue weighted by molar-refractivity contribution is -0.117. The summed E-state index contributed by atoms with van der Waals surface area (Å²) in [4.78, 5) is 22.5. The monoisotopic (exact) mass is 254 g/mol. The third-order valence-electron chi connectivity index (χ3n) is 1.92. The fraction of sp³-hybridized carbons (Fsp3) is 0.273. The molecular formula is C11H11BrO2. The van der Waals surface area contributed by atoms with E-state index in [-0.39, 0.29) is 18.0 Å². The molecule has 2 nitrogen and oxygen atoms in total. The van der Waals surface area contributed by atoms with E-state index in [4.69, 9.17) is 0 Å². The van der Waals surface area contributed by atoms with Crippen LogP contribution in [-0.4, -0.2) is 11.6 Å². The molecule has 0 heterocycles. The minimum Gasteiger partial charge on any atom is -0.299 e. The number of hydrogen-bond donors (Lipinski definition) is 0. The number of Topliss-reactive ketones (excluding diaryl/α,β-unsaturated/α-hetero) is 2. The molecule has 0 saturated heterocycles. The van der Waals surface area contributed by atoms with Crippen LogP contribution in [0, 0.1) is 0 Å². The molecule has 0 radical (unpaired) electrons. The maximum Gasteiger partial charge on any atom is 0.170 e. The standard InChI is InChI=1S/C11H11BrO2/c1-2-10(13)7-11(14)8-3-5-9(12)6-4-8/h3-6H,2,7H2,1H3. The molecule has 0 fully saturated rings. The van der Waals surface area contributed by atoms with E-state index in [2.05, 4.69) is 15.9 Å². The van der Waals surface area contributed by atoms with Crippen molar-refractivity contribution in [2.75, 3.05) is 0 Å². The molecule has 0 N–H and O–H groups in total. The molecule has 0 aliphatic rings. The van der Waals surface area contributed by atoms with Gasteiger partial charge in [-0.1, -0.05) is 35.0 Å². The summed E-state index contributed by atoms with van der Waals surface area (Å²) in [5.74, 6) is -0.123. The van der Waals surface area contributed by atoms with Crippen LogP contribution in [0.4, 0.5) is 0 Å². The molecule has 0 aromatic heterocycles. The molecule has 0 atom stereocenters. The smallest absolute Gasteiger partial charge is 0.170 e. The lowest BCUT2D eigenvalue weighted by Crippen LogP contribution is -2.06. The summed E-state index contributed by atoms with van der Waals surface area (Å²) in [6.07, 6.45) is 0.431. The highest BCUT2D eigenvalue weighted by Crippen LogP contribution is 2.12. The zero-order chi connectivity index (χ0) is 10.6. The Kier molecular flexibility index (Phi) is 4.01. The molecule has 1 aromatic carbocycles. The van der Waals surface area contributed by atoms with Crippen molar-refractivity contribution in [3.8, 4) is 0 Å². The van der Waals surface area contributed by atoms with E-state index in [1.54, 1.807) is 31.2 Å². The van der Waals surface area contributed by atoms with Crippen molar-refractivity contribution in [3.63, 3.8) is 0 Å². The molecule has 0 spiro atoms. The third kappa shape index (κ3) is 3.07. The summed E-state index contributed by atoms with van der Waals surface area (Å²) < 4.78 is 0.927. The van der Waals surface area contributed by atoms with Gasteiger partial charge in [-0.3, -0.25) is 9.59 Å². The van der Waals surface area contributed by atoms with Crippen LogP contribution in [0.2, 0.25) is 0 Å². The molecule has 74 valence electrons. The molecule has 0 bridgehead atoms. The quantitative estimate of drug-likeness (QED) is 0.612. The van der Waals surface area contributed by atoms with Gasteiger partial charge in [0.05, 0.1) is 6.42 Å². The zero-order valence-electron chi connectivity index (χ0n) is 7.92. The molecule has 14 heavy (non-hydrogen) atoms. The van der Waals surface area contributed by atoms with Crippen LogP contribution in [-0.2, 0) is 4.79 Å². The molecule has 0 aliphatic carbocycles. The van der Waals surface area contributed by atoms with Gasteiger partial charge < -0.3 is 0 Å². The van der Waals surface area contributed by atoms with Gasteiger partial charge in [-0.05, 0) is 12.1 Å². The SMILES string of the molecule is CCC(=O)CC(=O)c1ccc(Br)cc1. The number of rotatable bonds is 4. The molecule has 0 aliphatic heterocycles. The second kappa shape index (κ2) is 5.05. The highest BCUT2D eigenvalue weighted by atomic mass is 79.9.